The van der Waals surface area contributed by atoms with Crippen LogP contribution in [-0.2, 0) is 16.0 Å². The van der Waals surface area contributed by atoms with Crippen LogP contribution in [0.25, 0.3) is 0 Å². The molecule has 0 saturated heterocycles. The number of benzene rings is 1. The first-order valence-electron chi connectivity index (χ1n) is 9.86. The molecule has 1 aliphatic rings. The highest BCUT2D eigenvalue weighted by Crippen LogP contribution is 2.38. The lowest BCUT2D eigenvalue weighted by Gasteiger charge is -2.38. The number of hydrogen-bond acceptors (Lipinski definition) is 3. The van der Waals surface area contributed by atoms with Gasteiger partial charge in [0.25, 0.3) is 0 Å². The Labute approximate surface area is 176 Å². The molecule has 0 N–H and O–H groups in total. The van der Waals surface area contributed by atoms with Crippen LogP contribution in [0, 0.1) is 0 Å². The normalized spacial score (nSPS) is 17.1. The van der Waals surface area contributed by atoms with Crippen molar-refractivity contribution >= 4 is 34.8 Å². The van der Waals surface area contributed by atoms with E-state index >= 15 is 0 Å². The van der Waals surface area contributed by atoms with Gasteiger partial charge >= 0.3 is 0 Å². The molecule has 28 heavy (non-hydrogen) atoms. The molecule has 2 amide bonds. The molecule has 0 aliphatic carbocycles. The quantitative estimate of drug-likeness (QED) is 0.668. The van der Waals surface area contributed by atoms with Gasteiger partial charge in [-0.15, -0.1) is 11.3 Å². The van der Waals surface area contributed by atoms with E-state index < -0.39 is 0 Å². The molecular weight excluding hydrogens is 392 g/mol. The predicted octanol–water partition coefficient (Wildman–Crippen LogP) is 4.91. The van der Waals surface area contributed by atoms with E-state index in [-0.39, 0.29) is 30.4 Å². The van der Waals surface area contributed by atoms with Gasteiger partial charge in [-0.1, -0.05) is 37.6 Å². The van der Waals surface area contributed by atoms with E-state index in [0.29, 0.717) is 18.0 Å². The summed E-state index contributed by atoms with van der Waals surface area (Å²) in [4.78, 5) is 30.7. The molecule has 3 rings (SSSR count). The maximum atomic E-state index is 13.3. The fourth-order valence-electron chi connectivity index (χ4n) is 3.74. The smallest absolute Gasteiger partial charge is 0.243 e. The van der Waals surface area contributed by atoms with Crippen molar-refractivity contribution in [2.45, 2.75) is 52.1 Å². The van der Waals surface area contributed by atoms with Gasteiger partial charge in [-0.05, 0) is 54.5 Å². The molecule has 1 aromatic heterocycles. The van der Waals surface area contributed by atoms with Gasteiger partial charge in [0, 0.05) is 28.9 Å². The zero-order valence-electron chi connectivity index (χ0n) is 16.7. The molecule has 1 aliphatic heterocycles. The van der Waals surface area contributed by atoms with Crippen molar-refractivity contribution in [2.75, 3.05) is 13.1 Å². The summed E-state index contributed by atoms with van der Waals surface area (Å²) in [6.45, 7) is 6.68. The second-order valence-electron chi connectivity index (χ2n) is 7.22. The largest absolute Gasteiger partial charge is 0.331 e. The minimum absolute atomic E-state index is 0.00102. The van der Waals surface area contributed by atoms with Crippen LogP contribution in [0.2, 0.25) is 5.02 Å². The lowest BCUT2D eigenvalue weighted by molar-refractivity contribution is -0.143. The third-order valence-corrected chi connectivity index (χ3v) is 6.77. The summed E-state index contributed by atoms with van der Waals surface area (Å²) < 4.78 is 0. The molecule has 2 unspecified atom stereocenters. The van der Waals surface area contributed by atoms with Crippen molar-refractivity contribution in [1.29, 1.82) is 0 Å². The summed E-state index contributed by atoms with van der Waals surface area (Å²) in [6.07, 6.45) is 2.09. The number of halogens is 1. The first kappa shape index (κ1) is 20.9. The molecule has 0 saturated carbocycles. The Morgan fingerprint density at radius 3 is 2.61 bits per heavy atom. The van der Waals surface area contributed by atoms with E-state index in [1.807, 2.05) is 49.9 Å². The van der Waals surface area contributed by atoms with Crippen molar-refractivity contribution in [3.05, 3.63) is 56.7 Å². The van der Waals surface area contributed by atoms with Crippen LogP contribution in [0.3, 0.4) is 0 Å². The summed E-state index contributed by atoms with van der Waals surface area (Å²) in [7, 11) is 0. The van der Waals surface area contributed by atoms with E-state index in [1.54, 1.807) is 16.2 Å². The summed E-state index contributed by atoms with van der Waals surface area (Å²) in [5.74, 6) is 0.0258. The summed E-state index contributed by atoms with van der Waals surface area (Å²) in [6, 6.07) is 9.75. The minimum atomic E-state index is -0.129. The van der Waals surface area contributed by atoms with E-state index in [4.69, 9.17) is 11.6 Å². The van der Waals surface area contributed by atoms with Gasteiger partial charge in [0.05, 0.1) is 6.04 Å². The SMILES string of the molecule is CCC(=O)N(CC(=O)N1CCc2sccc2C1c1ccc(Cl)cc1)C(C)CC. The average Bonchev–Trinajstić information content (AvgIpc) is 3.19. The summed E-state index contributed by atoms with van der Waals surface area (Å²) in [5.41, 5.74) is 2.23. The monoisotopic (exact) mass is 418 g/mol. The number of fused-ring (bicyclic) bond motifs is 1. The molecule has 0 bridgehead atoms. The van der Waals surface area contributed by atoms with Crippen LogP contribution in [0.15, 0.2) is 35.7 Å². The maximum absolute atomic E-state index is 13.3. The maximum Gasteiger partial charge on any atom is 0.243 e. The van der Waals surface area contributed by atoms with E-state index in [1.165, 1.54) is 10.4 Å². The first-order valence-corrected chi connectivity index (χ1v) is 11.1. The second-order valence-corrected chi connectivity index (χ2v) is 8.66. The Hall–Kier alpha value is -1.85. The number of nitrogens with zero attached hydrogens (tertiary/aromatic N) is 2. The Bertz CT molecular complexity index is 833. The van der Waals surface area contributed by atoms with Crippen molar-refractivity contribution < 1.29 is 9.59 Å². The molecule has 6 heteroatoms. The van der Waals surface area contributed by atoms with Gasteiger partial charge in [-0.25, -0.2) is 0 Å². The molecule has 4 nitrogen and oxygen atoms in total. The van der Waals surface area contributed by atoms with Crippen molar-refractivity contribution in [2.24, 2.45) is 0 Å². The fourth-order valence-corrected chi connectivity index (χ4v) is 4.77. The predicted molar refractivity (Wildman–Crippen MR) is 115 cm³/mol. The minimum Gasteiger partial charge on any atom is -0.331 e. The lowest BCUT2D eigenvalue weighted by Crippen LogP contribution is -2.49. The van der Waals surface area contributed by atoms with Gasteiger partial charge < -0.3 is 9.80 Å². The Kier molecular flexibility index (Phi) is 6.78. The molecule has 0 radical (unpaired) electrons. The number of rotatable bonds is 6. The standard InChI is InChI=1S/C22H27ClN2O2S/c1-4-15(3)25(20(26)5-2)14-21(27)24-12-10-19-18(11-13-28-19)22(24)16-6-8-17(23)9-7-16/h6-9,11,13,15,22H,4-5,10,12,14H2,1-3H3. The highest BCUT2D eigenvalue weighted by atomic mass is 35.5. The Morgan fingerprint density at radius 1 is 1.25 bits per heavy atom. The van der Waals surface area contributed by atoms with Crippen molar-refractivity contribution in [3.8, 4) is 0 Å². The molecule has 2 atom stereocenters. The van der Waals surface area contributed by atoms with Crippen LogP contribution in [0.1, 0.15) is 55.7 Å². The number of amides is 2. The van der Waals surface area contributed by atoms with Crippen molar-refractivity contribution in [3.63, 3.8) is 0 Å². The fraction of sp³-hybridized carbons (Fsp3) is 0.455. The third-order valence-electron chi connectivity index (χ3n) is 5.52. The summed E-state index contributed by atoms with van der Waals surface area (Å²) in [5, 5.41) is 2.77. The van der Waals surface area contributed by atoms with E-state index in [2.05, 4.69) is 11.4 Å². The second kappa shape index (κ2) is 9.10. The van der Waals surface area contributed by atoms with E-state index in [9.17, 15) is 9.59 Å². The zero-order chi connectivity index (χ0) is 20.3. The zero-order valence-corrected chi connectivity index (χ0v) is 18.2. The number of carbonyl (C=O) groups is 2. The van der Waals surface area contributed by atoms with Crippen LogP contribution in [-0.4, -0.2) is 40.7 Å². The molecule has 0 spiro atoms. The molecule has 2 heterocycles. The molecular formula is C22H27ClN2O2S. The van der Waals surface area contributed by atoms with Crippen LogP contribution in [0.4, 0.5) is 0 Å². The topological polar surface area (TPSA) is 40.6 Å². The van der Waals surface area contributed by atoms with E-state index in [0.717, 1.165) is 18.4 Å². The Morgan fingerprint density at radius 2 is 1.96 bits per heavy atom. The lowest BCUT2D eigenvalue weighted by atomic mass is 9.93. The van der Waals surface area contributed by atoms with Crippen LogP contribution >= 0.6 is 22.9 Å². The van der Waals surface area contributed by atoms with Crippen molar-refractivity contribution in [1.82, 2.24) is 9.80 Å². The molecule has 1 aromatic carbocycles. The van der Waals surface area contributed by atoms with Crippen LogP contribution in [0.5, 0.6) is 0 Å². The van der Waals surface area contributed by atoms with Gasteiger partial charge in [-0.2, -0.15) is 0 Å². The molecule has 0 fully saturated rings. The molecule has 150 valence electrons. The van der Waals surface area contributed by atoms with Gasteiger partial charge in [0.1, 0.15) is 6.54 Å². The first-order chi connectivity index (χ1) is 13.5. The highest BCUT2D eigenvalue weighted by molar-refractivity contribution is 7.10. The third kappa shape index (κ3) is 4.26. The number of hydrogen-bond donors (Lipinski definition) is 0. The van der Waals surface area contributed by atoms with Gasteiger partial charge in [-0.3, -0.25) is 9.59 Å². The van der Waals surface area contributed by atoms with Gasteiger partial charge in [0.15, 0.2) is 0 Å². The molecule has 2 aromatic rings. The number of carbonyl (C=O) groups excluding carboxylic acids is 2. The average molecular weight is 419 g/mol. The summed E-state index contributed by atoms with van der Waals surface area (Å²) >= 11 is 7.82. The Balaban J connectivity index is 1.91. The van der Waals surface area contributed by atoms with Crippen LogP contribution < -0.4 is 0 Å². The van der Waals surface area contributed by atoms with Gasteiger partial charge in [0.2, 0.25) is 11.8 Å². The highest BCUT2D eigenvalue weighted by Gasteiger charge is 2.34. The number of thiophene rings is 1.